The molecule has 0 aliphatic carbocycles. The molecule has 1 heterocycles. The van der Waals surface area contributed by atoms with Crippen LogP contribution in [-0.4, -0.2) is 41.3 Å². The first-order chi connectivity index (χ1) is 9.24. The van der Waals surface area contributed by atoms with E-state index in [2.05, 4.69) is 26.1 Å². The molecule has 3 atom stereocenters. The molecule has 4 nitrogen and oxygen atoms in total. The number of nitrogens with one attached hydrogen (secondary N) is 1. The number of ether oxygens (including phenoxy) is 1. The molecule has 1 rings (SSSR count). The van der Waals surface area contributed by atoms with E-state index in [1.165, 1.54) is 12.8 Å². The minimum Gasteiger partial charge on any atom is -0.444 e. The predicted molar refractivity (Wildman–Crippen MR) is 82.9 cm³/mol. The van der Waals surface area contributed by atoms with Crippen molar-refractivity contribution < 1.29 is 9.53 Å². The quantitative estimate of drug-likeness (QED) is 0.858. The van der Waals surface area contributed by atoms with E-state index in [0.29, 0.717) is 12.1 Å². The Morgan fingerprint density at radius 2 is 2.10 bits per heavy atom. The second kappa shape index (κ2) is 7.30. The molecule has 0 radical (unpaired) electrons. The van der Waals surface area contributed by atoms with Gasteiger partial charge in [0, 0.05) is 24.7 Å². The van der Waals surface area contributed by atoms with Crippen molar-refractivity contribution in [3.05, 3.63) is 0 Å². The third-order valence-corrected chi connectivity index (χ3v) is 3.84. The first-order valence-corrected chi connectivity index (χ1v) is 8.00. The summed E-state index contributed by atoms with van der Waals surface area (Å²) in [4.78, 5) is 14.1. The van der Waals surface area contributed by atoms with Gasteiger partial charge in [-0.2, -0.15) is 0 Å². The normalized spacial score (nSPS) is 25.4. The van der Waals surface area contributed by atoms with Crippen LogP contribution in [0.1, 0.15) is 67.2 Å². The van der Waals surface area contributed by atoms with Gasteiger partial charge in [0.05, 0.1) is 0 Å². The van der Waals surface area contributed by atoms with Crippen molar-refractivity contribution in [2.45, 2.75) is 91.0 Å². The van der Waals surface area contributed by atoms with Crippen LogP contribution in [0.3, 0.4) is 0 Å². The highest BCUT2D eigenvalue weighted by Gasteiger charge is 2.33. The van der Waals surface area contributed by atoms with Crippen LogP contribution in [0.5, 0.6) is 0 Å². The maximum Gasteiger partial charge on any atom is 0.410 e. The second-order valence-electron chi connectivity index (χ2n) is 7.02. The number of carbonyl (C=O) groups excluding carboxylic acids is 1. The number of nitrogens with zero attached hydrogens (tertiary/aromatic N) is 1. The smallest absolute Gasteiger partial charge is 0.410 e. The Morgan fingerprint density at radius 3 is 2.65 bits per heavy atom. The zero-order chi connectivity index (χ0) is 15.3. The van der Waals surface area contributed by atoms with Crippen molar-refractivity contribution in [3.8, 4) is 0 Å². The Morgan fingerprint density at radius 1 is 1.45 bits per heavy atom. The second-order valence-corrected chi connectivity index (χ2v) is 7.02. The van der Waals surface area contributed by atoms with Crippen LogP contribution in [0.25, 0.3) is 0 Å². The molecular formula is C16H32N2O2. The van der Waals surface area contributed by atoms with Crippen LogP contribution in [0, 0.1) is 0 Å². The summed E-state index contributed by atoms with van der Waals surface area (Å²) >= 11 is 0. The lowest BCUT2D eigenvalue weighted by atomic mass is 9.96. The molecule has 0 spiro atoms. The van der Waals surface area contributed by atoms with Crippen LogP contribution in [0.2, 0.25) is 0 Å². The summed E-state index contributed by atoms with van der Waals surface area (Å²) in [5, 5.41) is 3.67. The van der Waals surface area contributed by atoms with Crippen molar-refractivity contribution in [1.29, 1.82) is 0 Å². The van der Waals surface area contributed by atoms with Crippen LogP contribution in [-0.2, 0) is 4.74 Å². The molecule has 0 aromatic heterocycles. The number of hydrogen-bond donors (Lipinski definition) is 1. The van der Waals surface area contributed by atoms with Gasteiger partial charge in [0.1, 0.15) is 5.60 Å². The first kappa shape index (κ1) is 17.3. The lowest BCUT2D eigenvalue weighted by Crippen LogP contribution is -2.56. The van der Waals surface area contributed by atoms with Crippen LogP contribution >= 0.6 is 0 Å². The number of carbonyl (C=O) groups is 1. The summed E-state index contributed by atoms with van der Waals surface area (Å²) in [5.74, 6) is 0. The van der Waals surface area contributed by atoms with Gasteiger partial charge in [0.2, 0.25) is 0 Å². The fourth-order valence-electron chi connectivity index (χ4n) is 2.83. The van der Waals surface area contributed by atoms with Gasteiger partial charge < -0.3 is 15.0 Å². The molecule has 0 aromatic rings. The summed E-state index contributed by atoms with van der Waals surface area (Å²) in [6, 6.07) is 1.07. The van der Waals surface area contributed by atoms with Gasteiger partial charge >= 0.3 is 6.09 Å². The van der Waals surface area contributed by atoms with Crippen molar-refractivity contribution in [2.75, 3.05) is 6.54 Å². The molecule has 4 heteroatoms. The average molecular weight is 284 g/mol. The number of piperidine rings is 1. The molecule has 0 bridgehead atoms. The van der Waals surface area contributed by atoms with E-state index in [9.17, 15) is 4.79 Å². The molecule has 1 fully saturated rings. The fraction of sp³-hybridized carbons (Fsp3) is 0.938. The Hall–Kier alpha value is -0.770. The summed E-state index contributed by atoms with van der Waals surface area (Å²) in [6.07, 6.45) is 4.36. The van der Waals surface area contributed by atoms with Gasteiger partial charge in [-0.25, -0.2) is 4.79 Å². The van der Waals surface area contributed by atoms with Crippen molar-refractivity contribution in [1.82, 2.24) is 10.2 Å². The van der Waals surface area contributed by atoms with E-state index >= 15 is 0 Å². The highest BCUT2D eigenvalue weighted by atomic mass is 16.6. The lowest BCUT2D eigenvalue weighted by molar-refractivity contribution is 0.00637. The molecule has 20 heavy (non-hydrogen) atoms. The molecule has 0 saturated carbocycles. The van der Waals surface area contributed by atoms with E-state index in [-0.39, 0.29) is 12.1 Å². The Kier molecular flexibility index (Phi) is 6.31. The topological polar surface area (TPSA) is 41.6 Å². The fourth-order valence-corrected chi connectivity index (χ4v) is 2.83. The van der Waals surface area contributed by atoms with Gasteiger partial charge in [-0.3, -0.25) is 0 Å². The molecule has 1 amide bonds. The minimum absolute atomic E-state index is 0.181. The monoisotopic (exact) mass is 284 g/mol. The lowest BCUT2D eigenvalue weighted by Gasteiger charge is -2.41. The number of amides is 1. The van der Waals surface area contributed by atoms with E-state index in [1.807, 2.05) is 25.7 Å². The SMILES string of the molecule is CCCC(C)NC1CCCN(C(=O)OC(C)(C)C)C1C. The predicted octanol–water partition coefficient (Wildman–Crippen LogP) is 3.55. The van der Waals surface area contributed by atoms with Gasteiger partial charge in [0.15, 0.2) is 0 Å². The summed E-state index contributed by atoms with van der Waals surface area (Å²) in [5.41, 5.74) is -0.424. The van der Waals surface area contributed by atoms with Gasteiger partial charge in [-0.15, -0.1) is 0 Å². The first-order valence-electron chi connectivity index (χ1n) is 8.00. The number of rotatable bonds is 4. The molecule has 3 unspecified atom stereocenters. The Bertz CT molecular complexity index is 312. The van der Waals surface area contributed by atoms with E-state index in [0.717, 1.165) is 19.4 Å². The van der Waals surface area contributed by atoms with Crippen molar-refractivity contribution in [3.63, 3.8) is 0 Å². The maximum atomic E-state index is 12.3. The van der Waals surface area contributed by atoms with Gasteiger partial charge in [-0.1, -0.05) is 13.3 Å². The third-order valence-electron chi connectivity index (χ3n) is 3.84. The molecule has 1 saturated heterocycles. The molecule has 118 valence electrons. The molecular weight excluding hydrogens is 252 g/mol. The maximum absolute atomic E-state index is 12.3. The summed E-state index contributed by atoms with van der Waals surface area (Å²) in [7, 11) is 0. The van der Waals surface area contributed by atoms with E-state index in [1.54, 1.807) is 0 Å². The highest BCUT2D eigenvalue weighted by Crippen LogP contribution is 2.21. The molecule has 1 aliphatic rings. The van der Waals surface area contributed by atoms with Crippen LogP contribution in [0.4, 0.5) is 4.79 Å². The van der Waals surface area contributed by atoms with Crippen molar-refractivity contribution >= 4 is 6.09 Å². The van der Waals surface area contributed by atoms with E-state index < -0.39 is 5.60 Å². The minimum atomic E-state index is -0.424. The van der Waals surface area contributed by atoms with Crippen LogP contribution in [0.15, 0.2) is 0 Å². The molecule has 1 N–H and O–H groups in total. The van der Waals surface area contributed by atoms with Crippen LogP contribution < -0.4 is 5.32 Å². The number of likely N-dealkylation sites (tertiary alicyclic amines) is 1. The summed E-state index contributed by atoms with van der Waals surface area (Å²) in [6.45, 7) is 13.1. The standard InChI is InChI=1S/C16H32N2O2/c1-7-9-12(2)17-14-10-8-11-18(13(14)3)15(19)20-16(4,5)6/h12-14,17H,7-11H2,1-6H3. The highest BCUT2D eigenvalue weighted by molar-refractivity contribution is 5.68. The van der Waals surface area contributed by atoms with Gasteiger partial charge in [-0.05, 0) is 53.9 Å². The third kappa shape index (κ3) is 5.31. The molecule has 0 aromatic carbocycles. The molecule has 1 aliphatic heterocycles. The van der Waals surface area contributed by atoms with Crippen molar-refractivity contribution in [2.24, 2.45) is 0 Å². The Labute approximate surface area is 124 Å². The zero-order valence-electron chi connectivity index (χ0n) is 14.0. The zero-order valence-corrected chi connectivity index (χ0v) is 14.0. The number of hydrogen-bond acceptors (Lipinski definition) is 3. The Balaban J connectivity index is 2.59. The summed E-state index contributed by atoms with van der Waals surface area (Å²) < 4.78 is 5.51. The average Bonchev–Trinajstić information content (AvgIpc) is 2.29. The largest absolute Gasteiger partial charge is 0.444 e. The van der Waals surface area contributed by atoms with E-state index in [4.69, 9.17) is 4.74 Å². The van der Waals surface area contributed by atoms with Gasteiger partial charge in [0.25, 0.3) is 0 Å².